The molecule has 0 amide bonds. The molecule has 3 rings (SSSR count). The second kappa shape index (κ2) is 10.3. The maximum Gasteiger partial charge on any atom is 0.124 e. The van der Waals surface area contributed by atoms with Crippen LogP contribution in [0.15, 0.2) is 72.8 Å². The zero-order valence-corrected chi connectivity index (χ0v) is 16.9. The van der Waals surface area contributed by atoms with Crippen molar-refractivity contribution < 1.29 is 42.2 Å². The summed E-state index contributed by atoms with van der Waals surface area (Å²) in [5, 5.41) is 0. The molecule has 0 saturated carbocycles. The summed E-state index contributed by atoms with van der Waals surface area (Å²) in [7, 11) is 1.68. The third-order valence-corrected chi connectivity index (χ3v) is 3.41. The van der Waals surface area contributed by atoms with E-state index in [9.17, 15) is 0 Å². The Morgan fingerprint density at radius 3 is 1.67 bits per heavy atom. The molecule has 0 heterocycles. The van der Waals surface area contributed by atoms with E-state index in [0.29, 0.717) is 0 Å². The van der Waals surface area contributed by atoms with Crippen molar-refractivity contribution in [2.75, 3.05) is 7.11 Å². The van der Waals surface area contributed by atoms with Gasteiger partial charge in [-0.1, -0.05) is 24.3 Å². The maximum atomic E-state index is 5.78. The molecule has 1 radical (unpaired) electrons. The molecule has 0 unspecified atom stereocenters. The third-order valence-electron chi connectivity index (χ3n) is 3.41. The van der Waals surface area contributed by atoms with Crippen molar-refractivity contribution in [2.45, 2.75) is 6.42 Å². The van der Waals surface area contributed by atoms with Crippen LogP contribution in [-0.4, -0.2) is 7.11 Å². The summed E-state index contributed by atoms with van der Waals surface area (Å²) in [4.78, 5) is 0. The second-order valence-electron chi connectivity index (χ2n) is 5.01. The number of benzene rings is 3. The number of methoxy groups -OCH3 is 1. The molecule has 0 aliphatic rings. The van der Waals surface area contributed by atoms with Gasteiger partial charge in [-0.2, -0.15) is 18.2 Å². The van der Waals surface area contributed by atoms with Gasteiger partial charge in [-0.05, 0) is 41.8 Å². The zero-order chi connectivity index (χ0) is 15.2. The first kappa shape index (κ1) is 20.4. The number of ether oxygens (including phenoxy) is 2. The molecule has 0 fully saturated rings. The number of rotatable bonds is 5. The quantitative estimate of drug-likeness (QED) is 0.546. The predicted octanol–water partition coefficient (Wildman–Crippen LogP) is 5.33. The van der Waals surface area contributed by atoms with E-state index < -0.39 is 0 Å². The van der Waals surface area contributed by atoms with Crippen LogP contribution < -0.4 is 9.47 Å². The summed E-state index contributed by atoms with van der Waals surface area (Å²) in [6.07, 6.45) is 0.893. The summed E-state index contributed by atoms with van der Waals surface area (Å²) in [6.45, 7) is 0. The predicted molar refractivity (Wildman–Crippen MR) is 94.0 cm³/mol. The van der Waals surface area contributed by atoms with E-state index in [4.69, 9.17) is 9.47 Å². The number of hydrogen-bond acceptors (Lipinski definition) is 2. The van der Waals surface area contributed by atoms with Gasteiger partial charge in [0.2, 0.25) is 0 Å². The minimum Gasteiger partial charge on any atom is -0.497 e. The van der Waals surface area contributed by atoms with E-state index in [1.165, 1.54) is 11.1 Å². The molecular weight excluding hydrogens is 373 g/mol. The fourth-order valence-corrected chi connectivity index (χ4v) is 2.23. The summed E-state index contributed by atoms with van der Waals surface area (Å²) >= 11 is 0. The first-order valence-corrected chi connectivity index (χ1v) is 7.19. The Balaban J connectivity index is 0.00000144. The Labute approximate surface area is 169 Å². The first-order valence-electron chi connectivity index (χ1n) is 7.19. The average Bonchev–Trinajstić information content (AvgIpc) is 2.58. The smallest absolute Gasteiger partial charge is 0.124 e. The van der Waals surface area contributed by atoms with E-state index >= 15 is 0 Å². The van der Waals surface area contributed by atoms with Gasteiger partial charge in [-0.25, -0.2) is 0 Å². The van der Waals surface area contributed by atoms with Crippen LogP contribution >= 0.6 is 0 Å². The average molecular weight is 393 g/mol. The second-order valence-corrected chi connectivity index (χ2v) is 5.01. The minimum absolute atomic E-state index is 0. The third kappa shape index (κ3) is 5.77. The molecule has 3 aromatic carbocycles. The van der Waals surface area contributed by atoms with E-state index in [0.717, 1.165) is 23.7 Å². The van der Waals surface area contributed by atoms with Gasteiger partial charge in [0, 0.05) is 38.5 Å². The van der Waals surface area contributed by atoms with Crippen LogP contribution in [0, 0.1) is 13.5 Å². The van der Waals surface area contributed by atoms with Crippen molar-refractivity contribution in [2.24, 2.45) is 0 Å². The Morgan fingerprint density at radius 1 is 0.708 bits per heavy atom. The fraction of sp³-hybridized carbons (Fsp3) is 0.0952. The molecule has 3 heteroatoms. The SMILES string of the molecule is COc1ccc(Cc2ccc(Oc3cc[c-]cc3)cc2)cc1.[CH3-].[Y]. The zero-order valence-electron chi connectivity index (χ0n) is 14.0. The van der Waals surface area contributed by atoms with E-state index in [1.54, 1.807) is 7.11 Å². The molecule has 121 valence electrons. The summed E-state index contributed by atoms with van der Waals surface area (Å²) in [5.41, 5.74) is 2.51. The molecule has 0 aliphatic heterocycles. The molecule has 0 saturated heterocycles. The molecule has 0 aromatic heterocycles. The molecule has 2 nitrogen and oxygen atoms in total. The van der Waals surface area contributed by atoms with Crippen molar-refractivity contribution in [3.63, 3.8) is 0 Å². The normalized spacial score (nSPS) is 9.38. The van der Waals surface area contributed by atoms with Gasteiger partial charge in [0.25, 0.3) is 0 Å². The van der Waals surface area contributed by atoms with Crippen LogP contribution in [0.5, 0.6) is 17.2 Å². The van der Waals surface area contributed by atoms with Gasteiger partial charge in [0.1, 0.15) is 11.5 Å². The molecular formula is C21H20O2Y-2. The Hall–Kier alpha value is -1.64. The Morgan fingerprint density at radius 2 is 1.17 bits per heavy atom. The van der Waals surface area contributed by atoms with E-state index in [1.807, 2.05) is 48.5 Å². The van der Waals surface area contributed by atoms with Crippen molar-refractivity contribution >= 4 is 0 Å². The topological polar surface area (TPSA) is 18.5 Å². The monoisotopic (exact) mass is 393 g/mol. The molecule has 24 heavy (non-hydrogen) atoms. The van der Waals surface area contributed by atoms with Crippen LogP contribution in [0.4, 0.5) is 0 Å². The van der Waals surface area contributed by atoms with Gasteiger partial charge >= 0.3 is 0 Å². The molecule has 0 N–H and O–H groups in total. The van der Waals surface area contributed by atoms with Crippen LogP contribution in [-0.2, 0) is 39.1 Å². The largest absolute Gasteiger partial charge is 0.497 e. The van der Waals surface area contributed by atoms with Crippen molar-refractivity contribution in [1.82, 2.24) is 0 Å². The Kier molecular flexibility index (Phi) is 8.74. The van der Waals surface area contributed by atoms with E-state index in [-0.39, 0.29) is 40.1 Å². The molecule has 0 atom stereocenters. The van der Waals surface area contributed by atoms with Crippen LogP contribution in [0.1, 0.15) is 11.1 Å². The summed E-state index contributed by atoms with van der Waals surface area (Å²) in [5.74, 6) is 2.54. The molecule has 0 spiro atoms. The van der Waals surface area contributed by atoms with Crippen molar-refractivity contribution in [1.29, 1.82) is 0 Å². The van der Waals surface area contributed by atoms with Gasteiger partial charge in [-0.3, -0.25) is 0 Å². The standard InChI is InChI=1S/C20H17O2.CH3.Y/c1-21-18-11-7-16(8-12-18)15-17-9-13-20(14-10-17)22-19-5-3-2-4-6-19;;/h3-14H,15H2,1H3;1H3;/q2*-1;. The van der Waals surface area contributed by atoms with Gasteiger partial charge in [0.15, 0.2) is 0 Å². The Bertz CT molecular complexity index is 707. The van der Waals surface area contributed by atoms with Crippen molar-refractivity contribution in [3.05, 3.63) is 97.4 Å². The first-order chi connectivity index (χ1) is 10.8. The summed E-state index contributed by atoms with van der Waals surface area (Å²) < 4.78 is 11.0. The minimum atomic E-state index is 0. The van der Waals surface area contributed by atoms with Gasteiger partial charge in [0.05, 0.1) is 7.11 Å². The van der Waals surface area contributed by atoms with Crippen molar-refractivity contribution in [3.8, 4) is 17.2 Å². The molecule has 3 aromatic rings. The van der Waals surface area contributed by atoms with E-state index in [2.05, 4.69) is 30.3 Å². The summed E-state index contributed by atoms with van der Waals surface area (Å²) in [6, 6.07) is 26.8. The molecule has 0 aliphatic carbocycles. The maximum absolute atomic E-state index is 5.78. The van der Waals surface area contributed by atoms with Gasteiger partial charge in [-0.15, -0.1) is 12.1 Å². The molecule has 0 bridgehead atoms. The van der Waals surface area contributed by atoms with Gasteiger partial charge < -0.3 is 16.9 Å². The number of hydrogen-bond donors (Lipinski definition) is 0. The van der Waals surface area contributed by atoms with Crippen LogP contribution in [0.3, 0.4) is 0 Å². The van der Waals surface area contributed by atoms with Crippen LogP contribution in [0.25, 0.3) is 0 Å². The fourth-order valence-electron chi connectivity index (χ4n) is 2.23. The van der Waals surface area contributed by atoms with Crippen LogP contribution in [0.2, 0.25) is 0 Å².